The van der Waals surface area contributed by atoms with Gasteiger partial charge >= 0.3 is 0 Å². The lowest BCUT2D eigenvalue weighted by atomic mass is 10.1. The molecule has 0 fully saturated rings. The summed E-state index contributed by atoms with van der Waals surface area (Å²) in [7, 11) is 0. The fraction of sp³-hybridized carbons (Fsp3) is 0.231. The molecule has 1 aromatic carbocycles. The van der Waals surface area contributed by atoms with E-state index in [4.69, 9.17) is 0 Å². The van der Waals surface area contributed by atoms with Gasteiger partial charge in [0.15, 0.2) is 0 Å². The molecule has 1 heterocycles. The van der Waals surface area contributed by atoms with E-state index in [1.54, 1.807) is 11.3 Å². The molecule has 0 saturated heterocycles. The molecule has 0 aliphatic heterocycles. The van der Waals surface area contributed by atoms with Gasteiger partial charge in [-0.25, -0.2) is 0 Å². The Kier molecular flexibility index (Phi) is 4.79. The third-order valence-corrected chi connectivity index (χ3v) is 5.08. The normalized spacial score (nSPS) is 12.6. The second-order valence-electron chi connectivity index (χ2n) is 3.85. The molecule has 0 radical (unpaired) electrons. The van der Waals surface area contributed by atoms with Crippen molar-refractivity contribution < 1.29 is 0 Å². The van der Waals surface area contributed by atoms with Crippen LogP contribution < -0.4 is 5.32 Å². The van der Waals surface area contributed by atoms with Gasteiger partial charge in [-0.15, -0.1) is 11.3 Å². The van der Waals surface area contributed by atoms with Crippen LogP contribution in [0.3, 0.4) is 0 Å². The molecular formula is C13H13Br2NS. The molecule has 0 saturated carbocycles. The molecule has 0 aliphatic carbocycles. The van der Waals surface area contributed by atoms with Crippen LogP contribution in [0.2, 0.25) is 0 Å². The molecule has 90 valence electrons. The summed E-state index contributed by atoms with van der Waals surface area (Å²) in [6, 6.07) is 10.9. The molecule has 1 nitrogen and oxygen atoms in total. The van der Waals surface area contributed by atoms with Crippen LogP contribution in [0.5, 0.6) is 0 Å². The molecule has 1 N–H and O–H groups in total. The zero-order valence-electron chi connectivity index (χ0n) is 9.41. The Balaban J connectivity index is 1.95. The lowest BCUT2D eigenvalue weighted by Gasteiger charge is -2.13. The number of hydrogen-bond donors (Lipinski definition) is 1. The first-order chi connectivity index (χ1) is 8.16. The third-order valence-electron chi connectivity index (χ3n) is 2.63. The highest BCUT2D eigenvalue weighted by Crippen LogP contribution is 2.23. The van der Waals surface area contributed by atoms with E-state index in [0.29, 0.717) is 6.04 Å². The lowest BCUT2D eigenvalue weighted by molar-refractivity contribution is 0.578. The molecule has 0 amide bonds. The Hall–Kier alpha value is -0.160. The largest absolute Gasteiger partial charge is 0.305 e. The van der Waals surface area contributed by atoms with Gasteiger partial charge in [0.25, 0.3) is 0 Å². The fourth-order valence-corrected chi connectivity index (χ4v) is 3.27. The first kappa shape index (κ1) is 13.3. The van der Waals surface area contributed by atoms with E-state index in [0.717, 1.165) is 11.0 Å². The van der Waals surface area contributed by atoms with Gasteiger partial charge in [-0.05, 0) is 52.0 Å². The van der Waals surface area contributed by atoms with Gasteiger partial charge in [-0.3, -0.25) is 0 Å². The summed E-state index contributed by atoms with van der Waals surface area (Å²) in [6.07, 6.45) is 0. The Morgan fingerprint density at radius 2 is 1.88 bits per heavy atom. The van der Waals surface area contributed by atoms with Crippen molar-refractivity contribution in [1.29, 1.82) is 0 Å². The van der Waals surface area contributed by atoms with Gasteiger partial charge < -0.3 is 5.32 Å². The minimum atomic E-state index is 0.358. The number of halogens is 2. The molecule has 0 aliphatic rings. The molecular weight excluding hydrogens is 362 g/mol. The maximum absolute atomic E-state index is 3.55. The highest BCUT2D eigenvalue weighted by atomic mass is 79.9. The van der Waals surface area contributed by atoms with E-state index < -0.39 is 0 Å². The van der Waals surface area contributed by atoms with Crippen molar-refractivity contribution in [3.8, 4) is 0 Å². The minimum Gasteiger partial charge on any atom is -0.305 e. The topological polar surface area (TPSA) is 12.0 Å². The average molecular weight is 375 g/mol. The van der Waals surface area contributed by atoms with Gasteiger partial charge in [-0.1, -0.05) is 28.1 Å². The summed E-state index contributed by atoms with van der Waals surface area (Å²) in [6.45, 7) is 3.08. The molecule has 1 unspecified atom stereocenters. The number of hydrogen-bond acceptors (Lipinski definition) is 2. The van der Waals surface area contributed by atoms with Crippen molar-refractivity contribution in [1.82, 2.24) is 5.32 Å². The van der Waals surface area contributed by atoms with E-state index >= 15 is 0 Å². The van der Waals surface area contributed by atoms with Crippen LogP contribution in [0.1, 0.15) is 23.4 Å². The zero-order chi connectivity index (χ0) is 12.3. The van der Waals surface area contributed by atoms with Crippen molar-refractivity contribution >= 4 is 43.2 Å². The van der Waals surface area contributed by atoms with Crippen LogP contribution in [-0.4, -0.2) is 0 Å². The molecule has 1 aromatic heterocycles. The van der Waals surface area contributed by atoms with Crippen LogP contribution in [0.15, 0.2) is 44.7 Å². The van der Waals surface area contributed by atoms with Crippen molar-refractivity contribution in [2.24, 2.45) is 0 Å². The van der Waals surface area contributed by atoms with E-state index in [-0.39, 0.29) is 0 Å². The molecule has 17 heavy (non-hydrogen) atoms. The van der Waals surface area contributed by atoms with Crippen molar-refractivity contribution in [2.75, 3.05) is 0 Å². The minimum absolute atomic E-state index is 0.358. The van der Waals surface area contributed by atoms with Crippen LogP contribution in [0.4, 0.5) is 0 Å². The van der Waals surface area contributed by atoms with Crippen molar-refractivity contribution in [3.05, 3.63) is 55.1 Å². The number of thiophene rings is 1. The fourth-order valence-electron chi connectivity index (χ4n) is 1.57. The highest BCUT2D eigenvalue weighted by Gasteiger charge is 2.06. The van der Waals surface area contributed by atoms with Crippen LogP contribution >= 0.6 is 43.2 Å². The van der Waals surface area contributed by atoms with Gasteiger partial charge in [0, 0.05) is 26.4 Å². The lowest BCUT2D eigenvalue weighted by Crippen LogP contribution is -2.17. The number of nitrogens with one attached hydrogen (secondary N) is 1. The van der Waals surface area contributed by atoms with Gasteiger partial charge in [0.2, 0.25) is 0 Å². The summed E-state index contributed by atoms with van der Waals surface area (Å²) in [5.74, 6) is 0. The van der Waals surface area contributed by atoms with Crippen LogP contribution in [0.25, 0.3) is 0 Å². The average Bonchev–Trinajstić information content (AvgIpc) is 2.73. The standard InChI is InChI=1S/C13H13Br2NS/c1-9(10-2-4-11(14)5-3-10)16-8-13-12(15)6-7-17-13/h2-7,9,16H,8H2,1H3. The predicted octanol–water partition coefficient (Wildman–Crippen LogP) is 5.12. The molecule has 0 spiro atoms. The third kappa shape index (κ3) is 3.65. The number of benzene rings is 1. The van der Waals surface area contributed by atoms with Crippen LogP contribution in [0, 0.1) is 0 Å². The van der Waals surface area contributed by atoms with E-state index in [1.165, 1.54) is 14.9 Å². The summed E-state index contributed by atoms with van der Waals surface area (Å²) >= 11 is 8.77. The van der Waals surface area contributed by atoms with Gasteiger partial charge in [0.1, 0.15) is 0 Å². The summed E-state index contributed by atoms with van der Waals surface area (Å²) < 4.78 is 2.31. The summed E-state index contributed by atoms with van der Waals surface area (Å²) in [4.78, 5) is 1.34. The van der Waals surface area contributed by atoms with Gasteiger partial charge in [-0.2, -0.15) is 0 Å². The Labute approximate surface area is 123 Å². The van der Waals surface area contributed by atoms with Crippen molar-refractivity contribution in [3.63, 3.8) is 0 Å². The quantitative estimate of drug-likeness (QED) is 0.782. The predicted molar refractivity (Wildman–Crippen MR) is 81.4 cm³/mol. The molecule has 4 heteroatoms. The first-order valence-electron chi connectivity index (χ1n) is 5.37. The second kappa shape index (κ2) is 6.14. The second-order valence-corrected chi connectivity index (χ2v) is 6.62. The monoisotopic (exact) mass is 373 g/mol. The number of rotatable bonds is 4. The summed E-state index contributed by atoms with van der Waals surface area (Å²) in [5, 5.41) is 5.63. The smallest absolute Gasteiger partial charge is 0.0327 e. The molecule has 2 rings (SSSR count). The van der Waals surface area contributed by atoms with E-state index in [9.17, 15) is 0 Å². The van der Waals surface area contributed by atoms with Crippen LogP contribution in [-0.2, 0) is 6.54 Å². The van der Waals surface area contributed by atoms with Crippen molar-refractivity contribution in [2.45, 2.75) is 19.5 Å². The van der Waals surface area contributed by atoms with E-state index in [2.05, 4.69) is 79.8 Å². The summed E-state index contributed by atoms with van der Waals surface area (Å²) in [5.41, 5.74) is 1.31. The van der Waals surface area contributed by atoms with Gasteiger partial charge in [0.05, 0.1) is 0 Å². The molecule has 2 aromatic rings. The molecule has 1 atom stereocenters. The maximum Gasteiger partial charge on any atom is 0.0327 e. The Bertz CT molecular complexity index is 478. The molecule has 0 bridgehead atoms. The van der Waals surface area contributed by atoms with E-state index in [1.807, 2.05) is 0 Å². The SMILES string of the molecule is CC(NCc1sccc1Br)c1ccc(Br)cc1. The Morgan fingerprint density at radius 1 is 1.18 bits per heavy atom. The zero-order valence-corrected chi connectivity index (χ0v) is 13.4. The maximum atomic E-state index is 3.55. The first-order valence-corrected chi connectivity index (χ1v) is 7.84. The highest BCUT2D eigenvalue weighted by molar-refractivity contribution is 9.10. The Morgan fingerprint density at radius 3 is 2.47 bits per heavy atom.